The Kier molecular flexibility index (Phi) is 17.9. The first-order chi connectivity index (χ1) is 10.3. The molecule has 0 unspecified atom stereocenters. The third-order valence-electron chi connectivity index (χ3n) is 4.25. The molecule has 0 radical (unpaired) electrons. The van der Waals surface area contributed by atoms with Crippen LogP contribution < -0.4 is 0 Å². The van der Waals surface area contributed by atoms with E-state index < -0.39 is 0 Å². The van der Waals surface area contributed by atoms with Crippen LogP contribution in [0.25, 0.3) is 0 Å². The molecule has 0 saturated heterocycles. The van der Waals surface area contributed by atoms with Gasteiger partial charge in [0.05, 0.1) is 0 Å². The molecule has 0 rings (SSSR count). The van der Waals surface area contributed by atoms with Gasteiger partial charge < -0.3 is 5.21 Å². The summed E-state index contributed by atoms with van der Waals surface area (Å²) in [5.74, 6) is 0. The summed E-state index contributed by atoms with van der Waals surface area (Å²) < 4.78 is 0. The third-order valence-corrected chi connectivity index (χ3v) is 4.25. The Balaban J connectivity index is 2.99. The Morgan fingerprint density at radius 3 is 1.24 bits per heavy atom. The molecule has 0 heterocycles. The van der Waals surface area contributed by atoms with Crippen molar-refractivity contribution in [2.45, 2.75) is 110 Å². The predicted molar refractivity (Wildman–Crippen MR) is 94.0 cm³/mol. The molecule has 0 aromatic carbocycles. The molecule has 128 valence electrons. The van der Waals surface area contributed by atoms with Crippen molar-refractivity contribution in [3.63, 3.8) is 0 Å². The summed E-state index contributed by atoms with van der Waals surface area (Å²) >= 11 is 0. The van der Waals surface area contributed by atoms with E-state index in [1.165, 1.54) is 88.5 Å². The first kappa shape index (κ1) is 20.9. The molecule has 0 saturated carbocycles. The molecular formula is C19H41NO. The Morgan fingerprint density at radius 2 is 0.857 bits per heavy atom. The van der Waals surface area contributed by atoms with Gasteiger partial charge in [-0.15, -0.1) is 0 Å². The third kappa shape index (κ3) is 17.9. The minimum atomic E-state index is 0.818. The van der Waals surface area contributed by atoms with Gasteiger partial charge in [-0.3, -0.25) is 0 Å². The number of hydroxylamine groups is 2. The van der Waals surface area contributed by atoms with Crippen molar-refractivity contribution >= 4 is 0 Å². The summed E-state index contributed by atoms with van der Waals surface area (Å²) in [6.45, 7) is 6.06. The van der Waals surface area contributed by atoms with Crippen LogP contribution >= 0.6 is 0 Å². The van der Waals surface area contributed by atoms with Gasteiger partial charge in [-0.1, -0.05) is 97.3 Å². The van der Waals surface area contributed by atoms with Crippen LogP contribution in [0.1, 0.15) is 110 Å². The van der Waals surface area contributed by atoms with Crippen LogP contribution in [-0.4, -0.2) is 23.4 Å². The second-order valence-electron chi connectivity index (χ2n) is 6.55. The van der Waals surface area contributed by atoms with E-state index >= 15 is 0 Å². The van der Waals surface area contributed by atoms with Gasteiger partial charge in [0.2, 0.25) is 0 Å². The molecular weight excluding hydrogens is 258 g/mol. The van der Waals surface area contributed by atoms with Crippen molar-refractivity contribution < 1.29 is 5.21 Å². The van der Waals surface area contributed by atoms with Crippen LogP contribution in [0.2, 0.25) is 0 Å². The lowest BCUT2D eigenvalue weighted by Gasteiger charge is -2.12. The number of rotatable bonds is 17. The zero-order chi connectivity index (χ0) is 15.6. The fraction of sp³-hybridized carbons (Fsp3) is 1.00. The molecule has 0 fully saturated rings. The van der Waals surface area contributed by atoms with Crippen molar-refractivity contribution in [2.75, 3.05) is 13.1 Å². The van der Waals surface area contributed by atoms with Crippen molar-refractivity contribution in [1.29, 1.82) is 0 Å². The smallest absolute Gasteiger partial charge is 0.0238 e. The van der Waals surface area contributed by atoms with E-state index in [-0.39, 0.29) is 0 Å². The fourth-order valence-electron chi connectivity index (χ4n) is 2.86. The van der Waals surface area contributed by atoms with Gasteiger partial charge in [0.15, 0.2) is 0 Å². The number of hydrogen-bond acceptors (Lipinski definition) is 2. The molecule has 0 bridgehead atoms. The minimum absolute atomic E-state index is 0.818. The monoisotopic (exact) mass is 299 g/mol. The zero-order valence-corrected chi connectivity index (χ0v) is 14.9. The lowest BCUT2D eigenvalue weighted by Crippen LogP contribution is -2.21. The van der Waals surface area contributed by atoms with Crippen LogP contribution in [0.4, 0.5) is 0 Å². The van der Waals surface area contributed by atoms with Crippen LogP contribution in [0.15, 0.2) is 0 Å². The molecule has 0 amide bonds. The van der Waals surface area contributed by atoms with Gasteiger partial charge in [-0.2, -0.15) is 5.06 Å². The molecule has 0 spiro atoms. The highest BCUT2D eigenvalue weighted by molar-refractivity contribution is 4.50. The highest BCUT2D eigenvalue weighted by Gasteiger charge is 1.98. The van der Waals surface area contributed by atoms with Crippen molar-refractivity contribution in [1.82, 2.24) is 5.06 Å². The second-order valence-corrected chi connectivity index (χ2v) is 6.55. The Hall–Kier alpha value is -0.0800. The summed E-state index contributed by atoms with van der Waals surface area (Å²) in [7, 11) is 0. The summed E-state index contributed by atoms with van der Waals surface area (Å²) in [4.78, 5) is 0. The van der Waals surface area contributed by atoms with E-state index in [0.717, 1.165) is 25.9 Å². The molecule has 0 aliphatic carbocycles. The van der Waals surface area contributed by atoms with Crippen molar-refractivity contribution in [3.8, 4) is 0 Å². The first-order valence-corrected chi connectivity index (χ1v) is 9.75. The Labute approximate surface area is 134 Å². The highest BCUT2D eigenvalue weighted by Crippen LogP contribution is 2.12. The maximum absolute atomic E-state index is 9.47. The molecule has 21 heavy (non-hydrogen) atoms. The van der Waals surface area contributed by atoms with Crippen LogP contribution in [0.5, 0.6) is 0 Å². The molecule has 0 aliphatic heterocycles. The van der Waals surface area contributed by atoms with E-state index in [1.54, 1.807) is 0 Å². The molecule has 2 nitrogen and oxygen atoms in total. The predicted octanol–water partition coefficient (Wildman–Crippen LogP) is 6.57. The Bertz CT molecular complexity index is 184. The van der Waals surface area contributed by atoms with Crippen LogP contribution in [-0.2, 0) is 0 Å². The number of nitrogens with zero attached hydrogens (tertiary/aromatic N) is 1. The average Bonchev–Trinajstić information content (AvgIpc) is 2.48. The van der Waals surface area contributed by atoms with E-state index in [9.17, 15) is 5.21 Å². The summed E-state index contributed by atoms with van der Waals surface area (Å²) in [5.41, 5.74) is 0. The average molecular weight is 300 g/mol. The second kappa shape index (κ2) is 18.0. The molecule has 2 heteroatoms. The van der Waals surface area contributed by atoms with Gasteiger partial charge in [-0.25, -0.2) is 0 Å². The SMILES string of the molecule is CCCCCCCCCCCCCCCCN(O)CCC. The molecule has 0 aromatic rings. The molecule has 0 aromatic heterocycles. The normalized spacial score (nSPS) is 11.4. The van der Waals surface area contributed by atoms with Crippen LogP contribution in [0, 0.1) is 0 Å². The quantitative estimate of drug-likeness (QED) is 0.242. The van der Waals surface area contributed by atoms with E-state index in [1.807, 2.05) is 0 Å². The maximum atomic E-state index is 9.47. The van der Waals surface area contributed by atoms with Crippen molar-refractivity contribution in [2.24, 2.45) is 0 Å². The topological polar surface area (TPSA) is 23.5 Å². The molecule has 1 N–H and O–H groups in total. The Morgan fingerprint density at radius 1 is 0.476 bits per heavy atom. The maximum Gasteiger partial charge on any atom is 0.0238 e. The zero-order valence-electron chi connectivity index (χ0n) is 14.9. The summed E-state index contributed by atoms with van der Waals surface area (Å²) in [6, 6.07) is 0. The van der Waals surface area contributed by atoms with E-state index in [4.69, 9.17) is 0 Å². The fourth-order valence-corrected chi connectivity index (χ4v) is 2.86. The largest absolute Gasteiger partial charge is 0.314 e. The molecule has 0 aliphatic rings. The van der Waals surface area contributed by atoms with E-state index in [2.05, 4.69) is 13.8 Å². The van der Waals surface area contributed by atoms with Gasteiger partial charge >= 0.3 is 0 Å². The molecule has 0 atom stereocenters. The minimum Gasteiger partial charge on any atom is -0.314 e. The highest BCUT2D eigenvalue weighted by atomic mass is 16.5. The standard InChI is InChI=1S/C19H41NO/c1-3-5-6-7-8-9-10-11-12-13-14-15-16-17-19-20(21)18-4-2/h21H,3-19H2,1-2H3. The lowest BCUT2D eigenvalue weighted by atomic mass is 10.0. The van der Waals surface area contributed by atoms with Gasteiger partial charge in [0, 0.05) is 13.1 Å². The first-order valence-electron chi connectivity index (χ1n) is 9.75. The number of hydrogen-bond donors (Lipinski definition) is 1. The lowest BCUT2D eigenvalue weighted by molar-refractivity contribution is -0.0913. The number of unbranched alkanes of at least 4 members (excludes halogenated alkanes) is 13. The van der Waals surface area contributed by atoms with Gasteiger partial charge in [-0.05, 0) is 12.8 Å². The van der Waals surface area contributed by atoms with E-state index in [0.29, 0.717) is 0 Å². The van der Waals surface area contributed by atoms with Gasteiger partial charge in [0.1, 0.15) is 0 Å². The van der Waals surface area contributed by atoms with Crippen LogP contribution in [0.3, 0.4) is 0 Å². The summed E-state index contributed by atoms with van der Waals surface area (Å²) in [6.07, 6.45) is 20.5. The van der Waals surface area contributed by atoms with Gasteiger partial charge in [0.25, 0.3) is 0 Å². The van der Waals surface area contributed by atoms with Crippen molar-refractivity contribution in [3.05, 3.63) is 0 Å². The summed E-state index contributed by atoms with van der Waals surface area (Å²) in [5, 5.41) is 10.9.